The van der Waals surface area contributed by atoms with Crippen molar-refractivity contribution in [3.05, 3.63) is 34.9 Å². The van der Waals surface area contributed by atoms with Gasteiger partial charge in [-0.05, 0) is 58.2 Å². The van der Waals surface area contributed by atoms with E-state index in [2.05, 4.69) is 108 Å². The van der Waals surface area contributed by atoms with E-state index in [1.54, 1.807) is 0 Å². The van der Waals surface area contributed by atoms with E-state index in [0.717, 1.165) is 0 Å². The van der Waals surface area contributed by atoms with E-state index < -0.39 is 0 Å². The Bertz CT molecular complexity index is 396. The van der Waals surface area contributed by atoms with Crippen LogP contribution in [0, 0.1) is 0 Å². The number of hydrogen-bond acceptors (Lipinski definition) is 0. The third-order valence-electron chi connectivity index (χ3n) is 2.94. The van der Waals surface area contributed by atoms with Crippen LogP contribution in [0.15, 0.2) is 18.2 Å². The summed E-state index contributed by atoms with van der Waals surface area (Å²) < 4.78 is -0.141. The van der Waals surface area contributed by atoms with E-state index in [-0.39, 0.29) is 13.0 Å². The molecule has 102 valence electrons. The van der Waals surface area contributed by atoms with Gasteiger partial charge in [-0.25, -0.2) is 0 Å². The fourth-order valence-corrected chi connectivity index (χ4v) is 3.27. The Hall–Kier alpha value is 0.660. The number of alkyl halides is 3. The molecular formula is C15H21Br3. The lowest BCUT2D eigenvalue weighted by Gasteiger charge is -2.33. The highest BCUT2D eigenvalue weighted by molar-refractivity contribution is 9.10. The number of hydrogen-bond donors (Lipinski definition) is 0. The minimum atomic E-state index is -0.0605. The lowest BCUT2D eigenvalue weighted by molar-refractivity contribution is 0.689. The molecule has 0 fully saturated rings. The van der Waals surface area contributed by atoms with Gasteiger partial charge in [-0.3, -0.25) is 0 Å². The first-order valence-electron chi connectivity index (χ1n) is 6.06. The molecule has 0 atom stereocenters. The molecule has 1 aromatic rings. The monoisotopic (exact) mass is 438 g/mol. The molecule has 18 heavy (non-hydrogen) atoms. The maximum absolute atomic E-state index is 3.83. The minimum Gasteiger partial charge on any atom is -0.0807 e. The lowest BCUT2D eigenvalue weighted by atomic mass is 9.83. The van der Waals surface area contributed by atoms with Crippen molar-refractivity contribution in [3.63, 3.8) is 0 Å². The molecule has 0 saturated heterocycles. The van der Waals surface area contributed by atoms with Crippen LogP contribution in [0.3, 0.4) is 0 Å². The zero-order chi connectivity index (χ0) is 14.4. The summed E-state index contributed by atoms with van der Waals surface area (Å²) in [6.45, 7) is 13.2. The van der Waals surface area contributed by atoms with Crippen molar-refractivity contribution < 1.29 is 0 Å². The second-order valence-corrected chi connectivity index (χ2v) is 12.1. The summed E-state index contributed by atoms with van der Waals surface area (Å²) >= 11 is 11.4. The van der Waals surface area contributed by atoms with Crippen LogP contribution in [-0.2, 0) is 13.0 Å². The van der Waals surface area contributed by atoms with Gasteiger partial charge < -0.3 is 0 Å². The lowest BCUT2D eigenvalue weighted by Crippen LogP contribution is -2.24. The van der Waals surface area contributed by atoms with Gasteiger partial charge in [-0.1, -0.05) is 66.0 Å². The summed E-state index contributed by atoms with van der Waals surface area (Å²) in [5, 5.41) is 0. The largest absolute Gasteiger partial charge is 0.0807 e. The number of rotatable bonds is 3. The average Bonchev–Trinajstić information content (AvgIpc) is 2.12. The van der Waals surface area contributed by atoms with Gasteiger partial charge in [0, 0.05) is 13.0 Å². The molecule has 1 aromatic carbocycles. The highest BCUT2D eigenvalue weighted by atomic mass is 79.9. The Morgan fingerprint density at radius 3 is 1.22 bits per heavy atom. The molecule has 3 heteroatoms. The molecule has 0 bridgehead atoms. The van der Waals surface area contributed by atoms with E-state index in [0.29, 0.717) is 0 Å². The Morgan fingerprint density at radius 1 is 0.667 bits per heavy atom. The van der Waals surface area contributed by atoms with Crippen molar-refractivity contribution in [2.45, 2.75) is 54.5 Å². The Morgan fingerprint density at radius 2 is 1.00 bits per heavy atom. The van der Waals surface area contributed by atoms with Crippen LogP contribution in [0.25, 0.3) is 0 Å². The van der Waals surface area contributed by atoms with Crippen LogP contribution < -0.4 is 0 Å². The third-order valence-corrected chi connectivity index (χ3v) is 4.19. The molecular weight excluding hydrogens is 420 g/mol. The molecule has 0 nitrogen and oxygen atoms in total. The third kappa shape index (κ3) is 3.83. The van der Waals surface area contributed by atoms with Crippen molar-refractivity contribution in [1.82, 2.24) is 0 Å². The molecule has 1 rings (SSSR count). The summed E-state index contributed by atoms with van der Waals surface area (Å²) in [6.07, 6.45) is 0. The van der Waals surface area contributed by atoms with Crippen molar-refractivity contribution in [2.75, 3.05) is 0 Å². The van der Waals surface area contributed by atoms with Gasteiger partial charge >= 0.3 is 0 Å². The van der Waals surface area contributed by atoms with E-state index >= 15 is 0 Å². The van der Waals surface area contributed by atoms with E-state index in [9.17, 15) is 0 Å². The first-order chi connectivity index (χ1) is 7.85. The molecule has 0 radical (unpaired) electrons. The Labute approximate surface area is 136 Å². The van der Waals surface area contributed by atoms with Gasteiger partial charge in [0.2, 0.25) is 0 Å². The smallest absolute Gasteiger partial charge is 0.0456 e. The molecule has 0 aromatic heterocycles. The molecule has 0 N–H and O–H groups in total. The van der Waals surface area contributed by atoms with Crippen LogP contribution in [0.5, 0.6) is 0 Å². The second kappa shape index (κ2) is 5.21. The Kier molecular flexibility index (Phi) is 4.84. The first-order valence-corrected chi connectivity index (χ1v) is 8.44. The molecule has 0 spiro atoms. The molecule has 0 aliphatic carbocycles. The van der Waals surface area contributed by atoms with Crippen LogP contribution in [-0.4, -0.2) is 0 Å². The molecule has 0 aliphatic heterocycles. The maximum atomic E-state index is 3.83. The summed E-state index contributed by atoms with van der Waals surface area (Å²) in [5.41, 5.74) is 4.01. The van der Waals surface area contributed by atoms with Crippen molar-refractivity contribution in [1.29, 1.82) is 0 Å². The zero-order valence-electron chi connectivity index (χ0n) is 11.9. The molecule has 0 heterocycles. The molecule has 0 saturated carbocycles. The number of benzene rings is 1. The van der Waals surface area contributed by atoms with Crippen LogP contribution in [0.1, 0.15) is 58.2 Å². The topological polar surface area (TPSA) is 0 Å². The molecule has 0 aliphatic rings. The van der Waals surface area contributed by atoms with Gasteiger partial charge in [0.25, 0.3) is 0 Å². The van der Waals surface area contributed by atoms with Gasteiger partial charge in [-0.15, -0.1) is 0 Å². The molecule has 0 amide bonds. The minimum absolute atomic E-state index is 0.0400. The van der Waals surface area contributed by atoms with E-state index in [4.69, 9.17) is 0 Å². The van der Waals surface area contributed by atoms with E-state index in [1.165, 1.54) is 16.7 Å². The number of halogens is 3. The van der Waals surface area contributed by atoms with E-state index in [1.807, 2.05) is 0 Å². The normalized spacial score (nSPS) is 13.8. The second-order valence-electron chi connectivity index (χ2n) is 6.15. The van der Waals surface area contributed by atoms with Crippen LogP contribution in [0.4, 0.5) is 0 Å². The Balaban J connectivity index is 3.68. The predicted molar refractivity (Wildman–Crippen MR) is 92.3 cm³/mol. The SMILES string of the molecule is CC(C)(Br)c1cccc(C(C)(C)Br)c1C(C)(C)Br. The highest BCUT2D eigenvalue weighted by Crippen LogP contribution is 2.46. The first kappa shape index (κ1) is 16.7. The fourth-order valence-electron chi connectivity index (χ4n) is 2.18. The van der Waals surface area contributed by atoms with Crippen LogP contribution in [0.2, 0.25) is 0 Å². The van der Waals surface area contributed by atoms with Gasteiger partial charge in [0.1, 0.15) is 0 Å². The van der Waals surface area contributed by atoms with Gasteiger partial charge in [-0.2, -0.15) is 0 Å². The van der Waals surface area contributed by atoms with Gasteiger partial charge in [0.15, 0.2) is 0 Å². The van der Waals surface area contributed by atoms with Gasteiger partial charge in [0.05, 0.1) is 0 Å². The maximum Gasteiger partial charge on any atom is 0.0456 e. The zero-order valence-corrected chi connectivity index (χ0v) is 16.6. The summed E-state index contributed by atoms with van der Waals surface area (Å²) in [6, 6.07) is 6.55. The average molecular weight is 441 g/mol. The summed E-state index contributed by atoms with van der Waals surface area (Å²) in [7, 11) is 0. The summed E-state index contributed by atoms with van der Waals surface area (Å²) in [4.78, 5) is 0. The van der Waals surface area contributed by atoms with Crippen molar-refractivity contribution >= 4 is 47.8 Å². The standard InChI is InChI=1S/C15H21Br3/c1-13(2,16)10-8-7-9-11(14(3,4)17)12(10)15(5,6)18/h7-9H,1-6H3. The van der Waals surface area contributed by atoms with Crippen molar-refractivity contribution in [2.24, 2.45) is 0 Å². The van der Waals surface area contributed by atoms with Crippen LogP contribution >= 0.6 is 47.8 Å². The fraction of sp³-hybridized carbons (Fsp3) is 0.600. The predicted octanol–water partition coefficient (Wildman–Crippen LogP) is 6.58. The highest BCUT2D eigenvalue weighted by Gasteiger charge is 2.33. The summed E-state index contributed by atoms with van der Waals surface area (Å²) in [5.74, 6) is 0. The molecule has 0 unspecified atom stereocenters. The quantitative estimate of drug-likeness (QED) is 0.466. The van der Waals surface area contributed by atoms with Crippen molar-refractivity contribution in [3.8, 4) is 0 Å².